The number of halogens is 2. The van der Waals surface area contributed by atoms with Crippen LogP contribution >= 0.6 is 15.9 Å². The van der Waals surface area contributed by atoms with Gasteiger partial charge in [0.2, 0.25) is 5.88 Å². The van der Waals surface area contributed by atoms with E-state index in [9.17, 15) is 4.39 Å². The minimum atomic E-state index is -0.372. The monoisotopic (exact) mass is 327 g/mol. The van der Waals surface area contributed by atoms with Crippen LogP contribution in [0.5, 0.6) is 11.6 Å². The van der Waals surface area contributed by atoms with E-state index in [-0.39, 0.29) is 11.7 Å². The van der Waals surface area contributed by atoms with Gasteiger partial charge >= 0.3 is 0 Å². The molecule has 0 aliphatic heterocycles. The zero-order chi connectivity index (χ0) is 14.2. The van der Waals surface area contributed by atoms with Gasteiger partial charge in [-0.1, -0.05) is 13.8 Å². The Morgan fingerprint density at radius 1 is 1.42 bits per heavy atom. The third-order valence-corrected chi connectivity index (χ3v) is 3.36. The summed E-state index contributed by atoms with van der Waals surface area (Å²) in [7, 11) is 1.74. The fraction of sp³-hybridized carbons (Fsp3) is 0.308. The highest BCUT2D eigenvalue weighted by molar-refractivity contribution is 9.10. The van der Waals surface area contributed by atoms with Crippen molar-refractivity contribution in [2.75, 3.05) is 5.73 Å². The summed E-state index contributed by atoms with van der Waals surface area (Å²) < 4.78 is 21.1. The SMILES string of the molecule is CC(C)c1nn(C)c(Oc2cc(F)ccc2Br)c1N. The van der Waals surface area contributed by atoms with Crippen LogP contribution in [0.4, 0.5) is 10.1 Å². The quantitative estimate of drug-likeness (QED) is 0.932. The van der Waals surface area contributed by atoms with Crippen LogP contribution in [0.3, 0.4) is 0 Å². The number of rotatable bonds is 3. The smallest absolute Gasteiger partial charge is 0.241 e. The van der Waals surface area contributed by atoms with E-state index >= 15 is 0 Å². The number of anilines is 1. The second-order valence-electron chi connectivity index (χ2n) is 4.56. The molecule has 4 nitrogen and oxygen atoms in total. The van der Waals surface area contributed by atoms with E-state index in [4.69, 9.17) is 10.5 Å². The molecule has 1 aromatic carbocycles. The Labute approximate surface area is 119 Å². The van der Waals surface area contributed by atoms with Crippen molar-refractivity contribution < 1.29 is 9.13 Å². The summed E-state index contributed by atoms with van der Waals surface area (Å²) >= 11 is 3.31. The van der Waals surface area contributed by atoms with Crippen LogP contribution in [0.25, 0.3) is 0 Å². The molecule has 0 aliphatic carbocycles. The molecule has 0 radical (unpaired) electrons. The standard InChI is InChI=1S/C13H15BrFN3O/c1-7(2)12-11(16)13(18(3)17-12)19-10-6-8(15)4-5-9(10)14/h4-7H,16H2,1-3H3. The molecule has 19 heavy (non-hydrogen) atoms. The molecule has 0 saturated carbocycles. The number of aromatic nitrogens is 2. The molecule has 0 unspecified atom stereocenters. The van der Waals surface area contributed by atoms with Gasteiger partial charge in [-0.15, -0.1) is 0 Å². The molecular formula is C13H15BrFN3O. The number of ether oxygens (including phenoxy) is 1. The largest absolute Gasteiger partial charge is 0.436 e. The minimum absolute atomic E-state index is 0.194. The van der Waals surface area contributed by atoms with Gasteiger partial charge in [0.25, 0.3) is 0 Å². The molecule has 2 aromatic rings. The van der Waals surface area contributed by atoms with E-state index in [1.165, 1.54) is 12.1 Å². The predicted molar refractivity (Wildman–Crippen MR) is 75.9 cm³/mol. The van der Waals surface area contributed by atoms with Crippen molar-refractivity contribution in [1.82, 2.24) is 9.78 Å². The van der Waals surface area contributed by atoms with E-state index in [1.54, 1.807) is 17.8 Å². The van der Waals surface area contributed by atoms with E-state index in [0.29, 0.717) is 21.8 Å². The second kappa shape index (κ2) is 5.21. The number of nitrogens with two attached hydrogens (primary N) is 1. The zero-order valence-electron chi connectivity index (χ0n) is 10.9. The van der Waals surface area contributed by atoms with Crippen molar-refractivity contribution >= 4 is 21.6 Å². The first-order valence-corrected chi connectivity index (χ1v) is 6.64. The highest BCUT2D eigenvalue weighted by Crippen LogP contribution is 2.36. The van der Waals surface area contributed by atoms with Gasteiger partial charge < -0.3 is 10.5 Å². The summed E-state index contributed by atoms with van der Waals surface area (Å²) in [6.07, 6.45) is 0. The van der Waals surface area contributed by atoms with E-state index in [2.05, 4.69) is 21.0 Å². The average molecular weight is 328 g/mol. The number of hydrogen-bond acceptors (Lipinski definition) is 3. The van der Waals surface area contributed by atoms with Crippen LogP contribution in [-0.4, -0.2) is 9.78 Å². The lowest BCUT2D eigenvalue weighted by atomic mass is 10.1. The van der Waals surface area contributed by atoms with E-state index in [1.807, 2.05) is 13.8 Å². The third-order valence-electron chi connectivity index (χ3n) is 2.70. The molecule has 102 valence electrons. The topological polar surface area (TPSA) is 53.1 Å². The molecule has 0 aliphatic rings. The summed E-state index contributed by atoms with van der Waals surface area (Å²) in [6.45, 7) is 4.00. The fourth-order valence-electron chi connectivity index (χ4n) is 1.75. The Hall–Kier alpha value is -1.56. The predicted octanol–water partition coefficient (Wildman–Crippen LogP) is 3.82. The Kier molecular flexibility index (Phi) is 3.80. The van der Waals surface area contributed by atoms with Crippen LogP contribution in [0.1, 0.15) is 25.5 Å². The summed E-state index contributed by atoms with van der Waals surface area (Å²) in [5, 5.41) is 4.32. The van der Waals surface area contributed by atoms with Crippen LogP contribution in [0, 0.1) is 5.82 Å². The van der Waals surface area contributed by atoms with Gasteiger partial charge in [-0.2, -0.15) is 5.10 Å². The molecule has 0 amide bonds. The van der Waals surface area contributed by atoms with Gasteiger partial charge in [-0.05, 0) is 34.0 Å². The zero-order valence-corrected chi connectivity index (χ0v) is 12.5. The van der Waals surface area contributed by atoms with Crippen LogP contribution in [0.15, 0.2) is 22.7 Å². The summed E-state index contributed by atoms with van der Waals surface area (Å²) in [5.41, 5.74) is 7.27. The summed E-state index contributed by atoms with van der Waals surface area (Å²) in [4.78, 5) is 0. The van der Waals surface area contributed by atoms with Crippen molar-refractivity contribution in [2.24, 2.45) is 7.05 Å². The lowest BCUT2D eigenvalue weighted by molar-refractivity contribution is 0.426. The Morgan fingerprint density at radius 2 is 2.11 bits per heavy atom. The van der Waals surface area contributed by atoms with Gasteiger partial charge in [0.1, 0.15) is 17.3 Å². The Bertz CT molecular complexity index is 610. The molecule has 0 bridgehead atoms. The molecule has 2 N–H and O–H groups in total. The van der Waals surface area contributed by atoms with Crippen molar-refractivity contribution in [3.05, 3.63) is 34.2 Å². The number of hydrogen-bond donors (Lipinski definition) is 1. The van der Waals surface area contributed by atoms with Gasteiger partial charge in [-0.3, -0.25) is 0 Å². The maximum absolute atomic E-state index is 13.2. The highest BCUT2D eigenvalue weighted by atomic mass is 79.9. The fourth-order valence-corrected chi connectivity index (χ4v) is 2.08. The number of nitrogen functional groups attached to an aromatic ring is 1. The molecular weight excluding hydrogens is 313 g/mol. The van der Waals surface area contributed by atoms with Gasteiger partial charge in [0.15, 0.2) is 0 Å². The molecule has 1 aromatic heterocycles. The maximum Gasteiger partial charge on any atom is 0.241 e. The summed E-state index contributed by atoms with van der Waals surface area (Å²) in [6, 6.07) is 4.23. The summed E-state index contributed by atoms with van der Waals surface area (Å²) in [5.74, 6) is 0.600. The number of nitrogens with zero attached hydrogens (tertiary/aromatic N) is 2. The van der Waals surface area contributed by atoms with Crippen molar-refractivity contribution in [1.29, 1.82) is 0 Å². The molecule has 0 saturated heterocycles. The lowest BCUT2D eigenvalue weighted by Crippen LogP contribution is -1.97. The molecule has 2 rings (SSSR count). The van der Waals surface area contributed by atoms with Gasteiger partial charge in [0.05, 0.1) is 10.2 Å². The first-order valence-electron chi connectivity index (χ1n) is 5.85. The first kappa shape index (κ1) is 13.9. The van der Waals surface area contributed by atoms with E-state index in [0.717, 1.165) is 5.69 Å². The highest BCUT2D eigenvalue weighted by Gasteiger charge is 2.18. The average Bonchev–Trinajstić information content (AvgIpc) is 2.62. The first-order chi connectivity index (χ1) is 8.90. The second-order valence-corrected chi connectivity index (χ2v) is 5.41. The van der Waals surface area contributed by atoms with Crippen molar-refractivity contribution in [2.45, 2.75) is 19.8 Å². The number of benzene rings is 1. The lowest BCUT2D eigenvalue weighted by Gasteiger charge is -2.08. The molecule has 0 atom stereocenters. The molecule has 1 heterocycles. The Morgan fingerprint density at radius 3 is 2.68 bits per heavy atom. The van der Waals surface area contributed by atoms with Crippen molar-refractivity contribution in [3.63, 3.8) is 0 Å². The van der Waals surface area contributed by atoms with Gasteiger partial charge in [-0.25, -0.2) is 9.07 Å². The maximum atomic E-state index is 13.2. The third kappa shape index (κ3) is 2.73. The van der Waals surface area contributed by atoms with E-state index < -0.39 is 0 Å². The van der Waals surface area contributed by atoms with Crippen molar-refractivity contribution in [3.8, 4) is 11.6 Å². The van der Waals surface area contributed by atoms with Gasteiger partial charge in [0, 0.05) is 13.1 Å². The molecule has 6 heteroatoms. The van der Waals surface area contributed by atoms with Crippen LogP contribution in [0.2, 0.25) is 0 Å². The molecule has 0 spiro atoms. The minimum Gasteiger partial charge on any atom is -0.436 e. The van der Waals surface area contributed by atoms with Crippen LogP contribution < -0.4 is 10.5 Å². The van der Waals surface area contributed by atoms with Crippen LogP contribution in [-0.2, 0) is 7.05 Å². The number of aryl methyl sites for hydroxylation is 1. The Balaban J connectivity index is 2.41. The molecule has 0 fully saturated rings. The normalized spacial score (nSPS) is 11.1.